The number of phosphoric acid groups is 2. The molecule has 528 valence electrons. The molecule has 0 fully saturated rings. The molecule has 0 amide bonds. The molecule has 0 aromatic rings. The van der Waals surface area contributed by atoms with Gasteiger partial charge in [0.1, 0.15) is 19.3 Å². The summed E-state index contributed by atoms with van der Waals surface area (Å²) in [5.41, 5.74) is 0. The number of rotatable bonds is 68. The first kappa shape index (κ1) is 87.1. The highest BCUT2D eigenvalue weighted by atomic mass is 31.2. The highest BCUT2D eigenvalue weighted by Gasteiger charge is 2.30. The first-order valence-electron chi connectivity index (χ1n) is 36.4. The SMILES string of the molecule is CCCCCCCCCCC(=O)OC[C@H](COP(=O)(O)OC[C@H](O)COP(=O)(O)OC[C@@H](COC(=O)CCCCCCCCCCCCC(C)C)OC(=O)CCCCCCCCCCCCCCCC(C)C)OC(=O)CCCCCCCCCCC(C)CC. The predicted octanol–water partition coefficient (Wildman–Crippen LogP) is 19.8. The molecule has 0 radical (unpaired) electrons. The molecule has 0 aliphatic carbocycles. The Morgan fingerprint density at radius 1 is 0.326 bits per heavy atom. The van der Waals surface area contributed by atoms with Gasteiger partial charge < -0.3 is 33.8 Å². The van der Waals surface area contributed by atoms with E-state index in [2.05, 4.69) is 48.5 Å². The molecule has 0 aliphatic heterocycles. The molecule has 19 heteroatoms. The lowest BCUT2D eigenvalue weighted by Gasteiger charge is -2.21. The second-order valence-corrected chi connectivity index (χ2v) is 29.4. The lowest BCUT2D eigenvalue weighted by atomic mass is 9.99. The normalized spacial score (nSPS) is 14.5. The molecule has 0 aliphatic rings. The zero-order valence-corrected chi connectivity index (χ0v) is 59.7. The van der Waals surface area contributed by atoms with Crippen LogP contribution in [0.4, 0.5) is 0 Å². The van der Waals surface area contributed by atoms with Crippen LogP contribution in [0, 0.1) is 17.8 Å². The number of aliphatic hydroxyl groups is 1. The molecule has 6 atom stereocenters. The van der Waals surface area contributed by atoms with Crippen molar-refractivity contribution in [3.05, 3.63) is 0 Å². The lowest BCUT2D eigenvalue weighted by Crippen LogP contribution is -2.30. The topological polar surface area (TPSA) is 237 Å². The van der Waals surface area contributed by atoms with E-state index in [1.54, 1.807) is 0 Å². The van der Waals surface area contributed by atoms with Gasteiger partial charge in [0.2, 0.25) is 0 Å². The predicted molar refractivity (Wildman–Crippen MR) is 358 cm³/mol. The van der Waals surface area contributed by atoms with Crippen molar-refractivity contribution in [1.82, 2.24) is 0 Å². The van der Waals surface area contributed by atoms with Crippen molar-refractivity contribution >= 4 is 39.5 Å². The van der Waals surface area contributed by atoms with Crippen molar-refractivity contribution < 1.29 is 80.2 Å². The molecule has 0 saturated heterocycles. The number of carbonyl (C=O) groups excluding carboxylic acids is 4. The maximum atomic E-state index is 13.0. The van der Waals surface area contributed by atoms with Gasteiger partial charge in [0.05, 0.1) is 26.4 Å². The maximum Gasteiger partial charge on any atom is 0.472 e. The standard InChI is InChI=1S/C70H136O17P2/c1-8-10-11-12-13-30-37-44-51-67(72)80-57-65(87-70(75)54-47-40-33-26-25-29-36-43-50-63(7)9-2)59-84-88(76,77)82-55-64(71)56-83-89(78,79)85-60-66(58-81-68(73)52-45-38-31-23-20-19-22-28-35-42-49-62(5)6)86-69(74)53-46-39-32-24-18-16-14-15-17-21-27-34-41-48-61(3)4/h61-66,71H,8-60H2,1-7H3,(H,76,77)(H,78,79)/t63?,64-,65+,66+/m0/s1. The molecular weight excluding hydrogens is 1170 g/mol. The fourth-order valence-electron chi connectivity index (χ4n) is 10.5. The molecular formula is C70H136O17P2. The number of ether oxygens (including phenoxy) is 4. The highest BCUT2D eigenvalue weighted by Crippen LogP contribution is 2.45. The summed E-state index contributed by atoms with van der Waals surface area (Å²) in [7, 11) is -9.90. The second-order valence-electron chi connectivity index (χ2n) is 26.5. The fraction of sp³-hybridized carbons (Fsp3) is 0.943. The van der Waals surface area contributed by atoms with Gasteiger partial charge in [-0.2, -0.15) is 0 Å². The van der Waals surface area contributed by atoms with Crippen molar-refractivity contribution in [2.75, 3.05) is 39.6 Å². The Balaban J connectivity index is 5.24. The molecule has 0 saturated carbocycles. The summed E-state index contributed by atoms with van der Waals surface area (Å²) >= 11 is 0. The van der Waals surface area contributed by atoms with Crippen molar-refractivity contribution in [2.45, 2.75) is 369 Å². The minimum absolute atomic E-state index is 0.104. The molecule has 0 aromatic carbocycles. The van der Waals surface area contributed by atoms with E-state index in [1.165, 1.54) is 154 Å². The van der Waals surface area contributed by atoms with Crippen LogP contribution < -0.4 is 0 Å². The Morgan fingerprint density at radius 2 is 0.573 bits per heavy atom. The van der Waals surface area contributed by atoms with Crippen molar-refractivity contribution in [3.8, 4) is 0 Å². The maximum absolute atomic E-state index is 13.0. The molecule has 0 aromatic heterocycles. The minimum Gasteiger partial charge on any atom is -0.462 e. The fourth-order valence-corrected chi connectivity index (χ4v) is 12.1. The summed E-state index contributed by atoms with van der Waals surface area (Å²) in [4.78, 5) is 72.5. The molecule has 89 heavy (non-hydrogen) atoms. The van der Waals surface area contributed by atoms with E-state index >= 15 is 0 Å². The zero-order chi connectivity index (χ0) is 65.9. The van der Waals surface area contributed by atoms with Crippen molar-refractivity contribution in [2.24, 2.45) is 17.8 Å². The van der Waals surface area contributed by atoms with E-state index in [0.717, 1.165) is 114 Å². The largest absolute Gasteiger partial charge is 0.472 e. The van der Waals surface area contributed by atoms with Crippen LogP contribution in [0.15, 0.2) is 0 Å². The molecule has 3 unspecified atom stereocenters. The van der Waals surface area contributed by atoms with Gasteiger partial charge in [-0.1, -0.05) is 299 Å². The number of hydrogen-bond acceptors (Lipinski definition) is 15. The molecule has 0 spiro atoms. The van der Waals surface area contributed by atoms with Crippen LogP contribution in [0.25, 0.3) is 0 Å². The van der Waals surface area contributed by atoms with Crippen LogP contribution in [0.1, 0.15) is 350 Å². The summed E-state index contributed by atoms with van der Waals surface area (Å²) < 4.78 is 68.2. The van der Waals surface area contributed by atoms with Crippen LogP contribution in [-0.2, 0) is 65.4 Å². The third-order valence-corrected chi connectivity index (χ3v) is 18.4. The molecule has 0 heterocycles. The van der Waals surface area contributed by atoms with Gasteiger partial charge in [-0.15, -0.1) is 0 Å². The zero-order valence-electron chi connectivity index (χ0n) is 57.9. The van der Waals surface area contributed by atoms with E-state index < -0.39 is 97.5 Å². The Labute approximate surface area is 543 Å². The van der Waals surface area contributed by atoms with Crippen LogP contribution >= 0.6 is 15.6 Å². The number of hydrogen-bond donors (Lipinski definition) is 3. The van der Waals surface area contributed by atoms with E-state index in [0.29, 0.717) is 25.7 Å². The number of phosphoric ester groups is 2. The Hall–Kier alpha value is -1.94. The quantitative estimate of drug-likeness (QED) is 0.0222. The van der Waals surface area contributed by atoms with Crippen molar-refractivity contribution in [3.63, 3.8) is 0 Å². The number of esters is 4. The Morgan fingerprint density at radius 3 is 0.854 bits per heavy atom. The summed E-state index contributed by atoms with van der Waals surface area (Å²) in [6, 6.07) is 0. The molecule has 0 bridgehead atoms. The van der Waals surface area contributed by atoms with Crippen LogP contribution in [0.5, 0.6) is 0 Å². The number of unbranched alkanes of at least 4 members (excludes halogenated alkanes) is 35. The van der Waals surface area contributed by atoms with Gasteiger partial charge in [0.25, 0.3) is 0 Å². The molecule has 17 nitrogen and oxygen atoms in total. The van der Waals surface area contributed by atoms with E-state index in [-0.39, 0.29) is 25.7 Å². The first-order chi connectivity index (χ1) is 42.8. The van der Waals surface area contributed by atoms with Crippen molar-refractivity contribution in [1.29, 1.82) is 0 Å². The van der Waals surface area contributed by atoms with Crippen LogP contribution in [0.2, 0.25) is 0 Å². The lowest BCUT2D eigenvalue weighted by molar-refractivity contribution is -0.161. The van der Waals surface area contributed by atoms with E-state index in [9.17, 15) is 43.2 Å². The Bertz CT molecular complexity index is 1750. The van der Waals surface area contributed by atoms with E-state index in [1.807, 2.05) is 0 Å². The average Bonchev–Trinajstić information content (AvgIpc) is 3.52. The Kier molecular flexibility index (Phi) is 59.6. The van der Waals surface area contributed by atoms with Gasteiger partial charge >= 0.3 is 39.5 Å². The van der Waals surface area contributed by atoms with Gasteiger partial charge in [0.15, 0.2) is 12.2 Å². The summed E-state index contributed by atoms with van der Waals surface area (Å²) in [6.07, 6.45) is 44.4. The van der Waals surface area contributed by atoms with Crippen LogP contribution in [0.3, 0.4) is 0 Å². The smallest absolute Gasteiger partial charge is 0.462 e. The molecule has 3 N–H and O–H groups in total. The summed E-state index contributed by atoms with van der Waals surface area (Å²) in [6.45, 7) is 11.8. The third kappa shape index (κ3) is 63.2. The van der Waals surface area contributed by atoms with Crippen LogP contribution in [-0.4, -0.2) is 96.7 Å². The highest BCUT2D eigenvalue weighted by molar-refractivity contribution is 7.47. The first-order valence-corrected chi connectivity index (χ1v) is 39.4. The number of aliphatic hydroxyl groups excluding tert-OH is 1. The monoisotopic (exact) mass is 1310 g/mol. The van der Waals surface area contributed by atoms with E-state index in [4.69, 9.17) is 37.0 Å². The second kappa shape index (κ2) is 61.0. The van der Waals surface area contributed by atoms with Gasteiger partial charge in [-0.25, -0.2) is 9.13 Å². The third-order valence-electron chi connectivity index (χ3n) is 16.5. The number of carbonyl (C=O) groups is 4. The summed E-state index contributed by atoms with van der Waals surface area (Å²) in [5, 5.41) is 10.6. The van der Waals surface area contributed by atoms with Gasteiger partial charge in [-0.05, 0) is 43.4 Å². The molecule has 0 rings (SSSR count). The minimum atomic E-state index is -4.95. The average molecular weight is 1310 g/mol. The van der Waals surface area contributed by atoms with Gasteiger partial charge in [0, 0.05) is 25.7 Å². The summed E-state index contributed by atoms with van der Waals surface area (Å²) in [5.74, 6) is 0.186. The van der Waals surface area contributed by atoms with Gasteiger partial charge in [-0.3, -0.25) is 37.3 Å².